The van der Waals surface area contributed by atoms with Gasteiger partial charge < -0.3 is 9.64 Å². The van der Waals surface area contributed by atoms with Crippen molar-refractivity contribution in [1.29, 1.82) is 0 Å². The Morgan fingerprint density at radius 3 is 2.46 bits per heavy atom. The molecule has 0 radical (unpaired) electrons. The molecule has 0 aliphatic carbocycles. The van der Waals surface area contributed by atoms with Gasteiger partial charge in [-0.05, 0) is 11.6 Å². The summed E-state index contributed by atoms with van der Waals surface area (Å²) in [5.41, 5.74) is 1.63. The summed E-state index contributed by atoms with van der Waals surface area (Å²) < 4.78 is 4.72. The first-order valence-corrected chi connectivity index (χ1v) is 9.63. The molecule has 0 saturated heterocycles. The van der Waals surface area contributed by atoms with E-state index < -0.39 is 0 Å². The Kier molecular flexibility index (Phi) is 9.56. The van der Waals surface area contributed by atoms with E-state index in [9.17, 15) is 14.4 Å². The van der Waals surface area contributed by atoms with E-state index in [0.29, 0.717) is 29.9 Å². The first kappa shape index (κ1) is 20.6. The SMILES string of the molecule is COC(=O)CCSC(SCCC(=O)N(C)C)c1cccc(C=O)c1. The van der Waals surface area contributed by atoms with Gasteiger partial charge in [0.25, 0.3) is 0 Å². The Morgan fingerprint density at radius 1 is 1.21 bits per heavy atom. The molecule has 24 heavy (non-hydrogen) atoms. The van der Waals surface area contributed by atoms with Gasteiger partial charge in [0, 0.05) is 37.6 Å². The number of carbonyl (C=O) groups is 3. The van der Waals surface area contributed by atoms with Crippen LogP contribution in [0.3, 0.4) is 0 Å². The molecule has 0 saturated carbocycles. The van der Waals surface area contributed by atoms with E-state index in [2.05, 4.69) is 4.74 Å². The third kappa shape index (κ3) is 7.40. The summed E-state index contributed by atoms with van der Waals surface area (Å²) in [4.78, 5) is 35.5. The van der Waals surface area contributed by atoms with Crippen LogP contribution in [0.2, 0.25) is 0 Å². The Labute approximate surface area is 151 Å². The van der Waals surface area contributed by atoms with E-state index in [1.54, 1.807) is 48.6 Å². The number of nitrogens with zero attached hydrogens (tertiary/aromatic N) is 1. The van der Waals surface area contributed by atoms with Crippen molar-refractivity contribution >= 4 is 41.7 Å². The maximum atomic E-state index is 11.7. The summed E-state index contributed by atoms with van der Waals surface area (Å²) in [5.74, 6) is 1.15. The van der Waals surface area contributed by atoms with Gasteiger partial charge >= 0.3 is 5.97 Å². The van der Waals surface area contributed by atoms with Gasteiger partial charge in [0.2, 0.25) is 5.91 Å². The molecule has 1 rings (SSSR count). The second-order valence-corrected chi connectivity index (χ2v) is 7.95. The summed E-state index contributed by atoms with van der Waals surface area (Å²) in [5, 5.41) is 0. The van der Waals surface area contributed by atoms with Crippen molar-refractivity contribution in [2.24, 2.45) is 0 Å². The van der Waals surface area contributed by atoms with Crippen LogP contribution in [-0.4, -0.2) is 55.8 Å². The summed E-state index contributed by atoms with van der Waals surface area (Å²) >= 11 is 3.27. The molecule has 0 N–H and O–H groups in total. The van der Waals surface area contributed by atoms with Crippen LogP contribution < -0.4 is 0 Å². The van der Waals surface area contributed by atoms with Gasteiger partial charge in [-0.3, -0.25) is 14.4 Å². The molecule has 1 aromatic carbocycles. The topological polar surface area (TPSA) is 63.7 Å². The number of aldehydes is 1. The van der Waals surface area contributed by atoms with Crippen molar-refractivity contribution in [3.63, 3.8) is 0 Å². The average molecular weight is 370 g/mol. The van der Waals surface area contributed by atoms with E-state index in [0.717, 1.165) is 11.8 Å². The quantitative estimate of drug-likeness (QED) is 0.359. The lowest BCUT2D eigenvalue weighted by Crippen LogP contribution is -2.21. The molecule has 0 aliphatic rings. The fraction of sp³-hybridized carbons (Fsp3) is 0.471. The first-order valence-electron chi connectivity index (χ1n) is 7.53. The average Bonchev–Trinajstić information content (AvgIpc) is 2.59. The number of carbonyl (C=O) groups excluding carboxylic acids is 3. The maximum Gasteiger partial charge on any atom is 0.306 e. The summed E-state index contributed by atoms with van der Waals surface area (Å²) in [6.45, 7) is 0. The van der Waals surface area contributed by atoms with Crippen molar-refractivity contribution in [2.75, 3.05) is 32.7 Å². The molecular weight excluding hydrogens is 346 g/mol. The molecule has 1 amide bonds. The molecule has 0 heterocycles. The van der Waals surface area contributed by atoms with Crippen molar-refractivity contribution in [1.82, 2.24) is 4.90 Å². The Bertz CT molecular complexity index is 563. The van der Waals surface area contributed by atoms with Crippen molar-refractivity contribution < 1.29 is 19.1 Å². The lowest BCUT2D eigenvalue weighted by molar-refractivity contribution is -0.140. The van der Waals surface area contributed by atoms with E-state index in [4.69, 9.17) is 0 Å². The highest BCUT2D eigenvalue weighted by Crippen LogP contribution is 2.40. The molecule has 1 atom stereocenters. The first-order chi connectivity index (χ1) is 11.5. The number of amides is 1. The van der Waals surface area contributed by atoms with Gasteiger partial charge in [0.1, 0.15) is 6.29 Å². The minimum Gasteiger partial charge on any atom is -0.469 e. The van der Waals surface area contributed by atoms with Gasteiger partial charge in [0.15, 0.2) is 0 Å². The van der Waals surface area contributed by atoms with E-state index in [1.807, 2.05) is 18.2 Å². The number of benzene rings is 1. The second-order valence-electron chi connectivity index (χ2n) is 5.23. The van der Waals surface area contributed by atoms with Crippen LogP contribution in [0.4, 0.5) is 0 Å². The van der Waals surface area contributed by atoms with Gasteiger partial charge in [-0.25, -0.2) is 0 Å². The monoisotopic (exact) mass is 369 g/mol. The zero-order chi connectivity index (χ0) is 17.9. The number of ether oxygens (including phenoxy) is 1. The normalized spacial score (nSPS) is 11.6. The highest BCUT2D eigenvalue weighted by molar-refractivity contribution is 8.16. The molecule has 5 nitrogen and oxygen atoms in total. The third-order valence-corrected chi connectivity index (χ3v) is 6.05. The second kappa shape index (κ2) is 11.1. The lowest BCUT2D eigenvalue weighted by atomic mass is 10.2. The van der Waals surface area contributed by atoms with Gasteiger partial charge in [0.05, 0.1) is 18.1 Å². The molecule has 1 unspecified atom stereocenters. The lowest BCUT2D eigenvalue weighted by Gasteiger charge is -2.17. The maximum absolute atomic E-state index is 11.7. The summed E-state index contributed by atoms with van der Waals surface area (Å²) in [7, 11) is 4.85. The van der Waals surface area contributed by atoms with E-state index in [1.165, 1.54) is 7.11 Å². The molecule has 7 heteroatoms. The van der Waals surface area contributed by atoms with Crippen LogP contribution in [0.5, 0.6) is 0 Å². The standard InChI is InChI=1S/C17H23NO4S2/c1-18(2)15(20)7-9-23-17(24-10-8-16(21)22-3)14-6-4-5-13(11-14)12-19/h4-6,11-12,17H,7-10H2,1-3H3. The van der Waals surface area contributed by atoms with E-state index in [-0.39, 0.29) is 16.5 Å². The number of esters is 1. The molecule has 0 aromatic heterocycles. The van der Waals surface area contributed by atoms with Crippen molar-refractivity contribution in [2.45, 2.75) is 17.4 Å². The number of methoxy groups -OCH3 is 1. The Hall–Kier alpha value is -1.47. The third-order valence-electron chi connectivity index (χ3n) is 3.21. The van der Waals surface area contributed by atoms with Crippen molar-refractivity contribution in [3.05, 3.63) is 35.4 Å². The van der Waals surface area contributed by atoms with Crippen LogP contribution in [-0.2, 0) is 14.3 Å². The van der Waals surface area contributed by atoms with Crippen LogP contribution in [0.25, 0.3) is 0 Å². The smallest absolute Gasteiger partial charge is 0.306 e. The highest BCUT2D eigenvalue weighted by atomic mass is 32.2. The minimum atomic E-state index is -0.240. The Balaban J connectivity index is 2.69. The van der Waals surface area contributed by atoms with Crippen LogP contribution in [0.15, 0.2) is 24.3 Å². The largest absolute Gasteiger partial charge is 0.469 e. The number of hydrogen-bond acceptors (Lipinski definition) is 6. The summed E-state index contributed by atoms with van der Waals surface area (Å²) in [6, 6.07) is 7.42. The zero-order valence-corrected chi connectivity index (χ0v) is 15.8. The fourth-order valence-corrected chi connectivity index (χ4v) is 4.49. The minimum absolute atomic E-state index is 0.0597. The van der Waals surface area contributed by atoms with Crippen LogP contribution in [0.1, 0.15) is 33.3 Å². The summed E-state index contributed by atoms with van der Waals surface area (Å²) in [6.07, 6.45) is 1.61. The molecular formula is C17H23NO4S2. The fourth-order valence-electron chi connectivity index (χ4n) is 1.85. The van der Waals surface area contributed by atoms with Gasteiger partial charge in [-0.2, -0.15) is 0 Å². The van der Waals surface area contributed by atoms with Gasteiger partial charge in [-0.15, -0.1) is 23.5 Å². The molecule has 1 aromatic rings. The van der Waals surface area contributed by atoms with Crippen LogP contribution >= 0.6 is 23.5 Å². The zero-order valence-electron chi connectivity index (χ0n) is 14.2. The molecule has 0 bridgehead atoms. The number of rotatable bonds is 10. The molecule has 0 aliphatic heterocycles. The highest BCUT2D eigenvalue weighted by Gasteiger charge is 2.15. The predicted molar refractivity (Wildman–Crippen MR) is 99.4 cm³/mol. The number of hydrogen-bond donors (Lipinski definition) is 0. The Morgan fingerprint density at radius 2 is 1.88 bits per heavy atom. The van der Waals surface area contributed by atoms with Gasteiger partial charge in [-0.1, -0.05) is 18.2 Å². The molecule has 0 spiro atoms. The number of thioether (sulfide) groups is 2. The molecule has 0 fully saturated rings. The van der Waals surface area contributed by atoms with Crippen molar-refractivity contribution in [3.8, 4) is 0 Å². The van der Waals surface area contributed by atoms with E-state index >= 15 is 0 Å². The van der Waals surface area contributed by atoms with Crippen LogP contribution in [0, 0.1) is 0 Å². The predicted octanol–water partition coefficient (Wildman–Crippen LogP) is 3.01. The molecule has 132 valence electrons.